The highest BCUT2D eigenvalue weighted by Crippen LogP contribution is 2.24. The number of benzene rings is 1. The number of hydrogen-bond donors (Lipinski definition) is 0. The van der Waals surface area contributed by atoms with Gasteiger partial charge >= 0.3 is 0 Å². The first kappa shape index (κ1) is 16.4. The summed E-state index contributed by atoms with van der Waals surface area (Å²) >= 11 is 0. The number of aromatic nitrogens is 3. The molecule has 1 aromatic carbocycles. The lowest BCUT2D eigenvalue weighted by Crippen LogP contribution is -2.39. The van der Waals surface area contributed by atoms with Crippen molar-refractivity contribution in [3.63, 3.8) is 0 Å². The zero-order valence-electron chi connectivity index (χ0n) is 14.1. The molecule has 0 amide bonds. The van der Waals surface area contributed by atoms with Gasteiger partial charge in [0.2, 0.25) is 0 Å². The van der Waals surface area contributed by atoms with Crippen molar-refractivity contribution in [2.24, 2.45) is 5.41 Å². The monoisotopic (exact) mass is 327 g/mol. The van der Waals surface area contributed by atoms with Crippen molar-refractivity contribution in [1.29, 1.82) is 5.26 Å². The zero-order chi connectivity index (χ0) is 17.2. The molecular formula is C17H21N5O2. The van der Waals surface area contributed by atoms with E-state index in [1.54, 1.807) is 16.8 Å². The Morgan fingerprint density at radius 2 is 1.96 bits per heavy atom. The van der Waals surface area contributed by atoms with E-state index in [1.807, 2.05) is 30.3 Å². The molecule has 7 heteroatoms. The zero-order valence-corrected chi connectivity index (χ0v) is 14.1. The van der Waals surface area contributed by atoms with Crippen LogP contribution in [0.15, 0.2) is 30.5 Å². The Bertz CT molecular complexity index is 722. The van der Waals surface area contributed by atoms with Crippen LogP contribution < -0.4 is 4.90 Å². The summed E-state index contributed by atoms with van der Waals surface area (Å²) in [7, 11) is 1.91. The predicted molar refractivity (Wildman–Crippen MR) is 88.7 cm³/mol. The summed E-state index contributed by atoms with van der Waals surface area (Å²) in [5.41, 5.74) is 1.62. The third-order valence-corrected chi connectivity index (χ3v) is 3.91. The third kappa shape index (κ3) is 3.72. The molecule has 126 valence electrons. The number of nitriles is 1. The summed E-state index contributed by atoms with van der Waals surface area (Å²) in [6.45, 7) is 6.08. The second-order valence-electron chi connectivity index (χ2n) is 6.73. The Morgan fingerprint density at radius 1 is 1.29 bits per heavy atom. The summed E-state index contributed by atoms with van der Waals surface area (Å²) < 4.78 is 13.2. The largest absolute Gasteiger partial charge is 0.350 e. The fourth-order valence-electron chi connectivity index (χ4n) is 2.41. The van der Waals surface area contributed by atoms with Gasteiger partial charge in [-0.05, 0) is 24.3 Å². The fourth-order valence-corrected chi connectivity index (χ4v) is 2.41. The molecule has 2 aromatic rings. The van der Waals surface area contributed by atoms with E-state index in [1.165, 1.54) is 0 Å². The van der Waals surface area contributed by atoms with E-state index in [2.05, 4.69) is 30.2 Å². The van der Waals surface area contributed by atoms with E-state index >= 15 is 0 Å². The number of nitrogens with zero attached hydrogens (tertiary/aromatic N) is 5. The predicted octanol–water partition coefficient (Wildman–Crippen LogP) is 2.32. The smallest absolute Gasteiger partial charge is 0.177 e. The van der Waals surface area contributed by atoms with Crippen molar-refractivity contribution in [2.75, 3.05) is 25.2 Å². The average molecular weight is 327 g/mol. The highest BCUT2D eigenvalue weighted by molar-refractivity contribution is 5.59. The van der Waals surface area contributed by atoms with Gasteiger partial charge in [-0.25, -0.2) is 4.68 Å². The molecule has 2 heterocycles. The molecule has 0 saturated carbocycles. The molecule has 1 aliphatic heterocycles. The molecule has 1 fully saturated rings. The Kier molecular flexibility index (Phi) is 4.51. The van der Waals surface area contributed by atoms with Crippen molar-refractivity contribution in [1.82, 2.24) is 15.0 Å². The van der Waals surface area contributed by atoms with Crippen LogP contribution in [0.3, 0.4) is 0 Å². The molecule has 0 spiro atoms. The number of rotatable bonds is 4. The number of ether oxygens (including phenoxy) is 2. The summed E-state index contributed by atoms with van der Waals surface area (Å²) in [5, 5.41) is 17.2. The quantitative estimate of drug-likeness (QED) is 0.858. The van der Waals surface area contributed by atoms with E-state index in [9.17, 15) is 0 Å². The maximum Gasteiger partial charge on any atom is 0.177 e. The van der Waals surface area contributed by atoms with Crippen LogP contribution in [-0.4, -0.2) is 41.5 Å². The van der Waals surface area contributed by atoms with E-state index in [0.29, 0.717) is 25.3 Å². The fraction of sp³-hybridized carbons (Fsp3) is 0.471. The summed E-state index contributed by atoms with van der Waals surface area (Å²) in [5.74, 6) is 0.718. The van der Waals surface area contributed by atoms with Crippen molar-refractivity contribution >= 4 is 11.5 Å². The van der Waals surface area contributed by atoms with Gasteiger partial charge in [0.25, 0.3) is 0 Å². The van der Waals surface area contributed by atoms with Gasteiger partial charge in [-0.1, -0.05) is 19.1 Å². The first-order chi connectivity index (χ1) is 11.5. The molecule has 0 bridgehead atoms. The molecule has 3 rings (SSSR count). The molecule has 0 N–H and O–H groups in total. The van der Waals surface area contributed by atoms with E-state index in [0.717, 1.165) is 11.5 Å². The van der Waals surface area contributed by atoms with Crippen LogP contribution in [0, 0.1) is 16.7 Å². The molecule has 0 aliphatic carbocycles. The highest BCUT2D eigenvalue weighted by Gasteiger charge is 2.28. The van der Waals surface area contributed by atoms with Crippen LogP contribution in [0.5, 0.6) is 0 Å². The third-order valence-electron chi connectivity index (χ3n) is 3.91. The van der Waals surface area contributed by atoms with Crippen molar-refractivity contribution < 1.29 is 9.47 Å². The molecular weight excluding hydrogens is 306 g/mol. The Morgan fingerprint density at radius 3 is 2.58 bits per heavy atom. The van der Waals surface area contributed by atoms with Gasteiger partial charge in [0.05, 0.1) is 37.6 Å². The SMILES string of the molecule is CN(c1ccc(C#N)cc1)c1cn(CC2OCC(C)(C)CO2)nn1. The van der Waals surface area contributed by atoms with Crippen molar-refractivity contribution in [3.8, 4) is 6.07 Å². The first-order valence-electron chi connectivity index (χ1n) is 7.84. The van der Waals surface area contributed by atoms with Gasteiger partial charge in [0.15, 0.2) is 12.1 Å². The number of hydrogen-bond acceptors (Lipinski definition) is 6. The summed E-state index contributed by atoms with van der Waals surface area (Å²) in [6, 6.07) is 9.43. The van der Waals surface area contributed by atoms with Gasteiger partial charge < -0.3 is 14.4 Å². The van der Waals surface area contributed by atoms with Crippen LogP contribution in [0.4, 0.5) is 11.5 Å². The highest BCUT2D eigenvalue weighted by atomic mass is 16.7. The van der Waals surface area contributed by atoms with Crippen LogP contribution in [0.1, 0.15) is 19.4 Å². The Labute approximate surface area is 141 Å². The molecule has 7 nitrogen and oxygen atoms in total. The van der Waals surface area contributed by atoms with Crippen LogP contribution in [-0.2, 0) is 16.0 Å². The van der Waals surface area contributed by atoms with Gasteiger partial charge in [-0.15, -0.1) is 5.10 Å². The minimum absolute atomic E-state index is 0.0554. The molecule has 0 atom stereocenters. The van der Waals surface area contributed by atoms with Crippen molar-refractivity contribution in [3.05, 3.63) is 36.0 Å². The maximum absolute atomic E-state index is 8.86. The average Bonchev–Trinajstić information content (AvgIpc) is 3.05. The van der Waals surface area contributed by atoms with Crippen LogP contribution in [0.2, 0.25) is 0 Å². The second kappa shape index (κ2) is 6.59. The van der Waals surface area contributed by atoms with Gasteiger partial charge in [-0.3, -0.25) is 0 Å². The first-order valence-corrected chi connectivity index (χ1v) is 7.84. The van der Waals surface area contributed by atoms with E-state index in [4.69, 9.17) is 14.7 Å². The van der Waals surface area contributed by atoms with E-state index in [-0.39, 0.29) is 11.7 Å². The minimum atomic E-state index is -0.298. The molecule has 1 aromatic heterocycles. The summed E-state index contributed by atoms with van der Waals surface area (Å²) in [6.07, 6.45) is 1.55. The van der Waals surface area contributed by atoms with Crippen LogP contribution in [0.25, 0.3) is 0 Å². The molecule has 0 radical (unpaired) electrons. The summed E-state index contributed by atoms with van der Waals surface area (Å²) in [4.78, 5) is 1.91. The van der Waals surface area contributed by atoms with Gasteiger partial charge in [0, 0.05) is 18.2 Å². The number of anilines is 2. The minimum Gasteiger partial charge on any atom is -0.350 e. The van der Waals surface area contributed by atoms with E-state index < -0.39 is 0 Å². The van der Waals surface area contributed by atoms with Gasteiger partial charge in [-0.2, -0.15) is 5.26 Å². The lowest BCUT2D eigenvalue weighted by atomic mass is 9.96. The molecule has 0 unspecified atom stereocenters. The Balaban J connectivity index is 1.63. The second-order valence-corrected chi connectivity index (χ2v) is 6.73. The lowest BCUT2D eigenvalue weighted by Gasteiger charge is -2.34. The molecule has 1 saturated heterocycles. The maximum atomic E-state index is 8.86. The standard InChI is InChI=1S/C17H21N5O2/c1-17(2)11-23-16(24-12-17)10-22-9-15(19-20-22)21(3)14-6-4-13(8-18)5-7-14/h4-7,9,16H,10-12H2,1-3H3. The molecule has 24 heavy (non-hydrogen) atoms. The lowest BCUT2D eigenvalue weighted by molar-refractivity contribution is -0.227. The molecule has 1 aliphatic rings. The van der Waals surface area contributed by atoms with Crippen molar-refractivity contribution in [2.45, 2.75) is 26.7 Å². The normalized spacial score (nSPS) is 17.4. The topological polar surface area (TPSA) is 76.2 Å². The van der Waals surface area contributed by atoms with Gasteiger partial charge in [0.1, 0.15) is 0 Å². The Hall–Kier alpha value is -2.43. The van der Waals surface area contributed by atoms with Crippen LogP contribution >= 0.6 is 0 Å².